The van der Waals surface area contributed by atoms with E-state index >= 15 is 0 Å². The molecule has 2 unspecified atom stereocenters. The van der Waals surface area contributed by atoms with Crippen molar-refractivity contribution in [2.45, 2.75) is 18.2 Å². The van der Waals surface area contributed by atoms with Gasteiger partial charge in [-0.05, 0) is 36.5 Å². The summed E-state index contributed by atoms with van der Waals surface area (Å²) in [5.41, 5.74) is 0.568. The molecule has 6 heteroatoms. The van der Waals surface area contributed by atoms with Gasteiger partial charge in [0, 0.05) is 12.1 Å². The van der Waals surface area contributed by atoms with Crippen molar-refractivity contribution in [1.82, 2.24) is 4.72 Å². The van der Waals surface area contributed by atoms with Crippen molar-refractivity contribution >= 4 is 21.6 Å². The molecule has 1 fully saturated rings. The second-order valence-electron chi connectivity index (χ2n) is 4.93. The van der Waals surface area contributed by atoms with Gasteiger partial charge in [-0.15, -0.1) is 0 Å². The molecule has 0 aromatic heterocycles. The molecule has 1 saturated carbocycles. The highest BCUT2D eigenvalue weighted by atomic mass is 35.5. The van der Waals surface area contributed by atoms with E-state index in [0.717, 1.165) is 6.42 Å². The van der Waals surface area contributed by atoms with Gasteiger partial charge in [0.2, 0.25) is 10.0 Å². The highest BCUT2D eigenvalue weighted by Gasteiger charge is 2.33. The van der Waals surface area contributed by atoms with Crippen LogP contribution in [-0.2, 0) is 10.0 Å². The van der Waals surface area contributed by atoms with E-state index in [-0.39, 0.29) is 16.5 Å². The Morgan fingerprint density at radius 2 is 2.20 bits per heavy atom. The van der Waals surface area contributed by atoms with E-state index in [4.69, 9.17) is 16.7 Å². The Bertz CT molecular complexity index is 661. The van der Waals surface area contributed by atoms with Gasteiger partial charge < -0.3 is 5.11 Å². The smallest absolute Gasteiger partial charge is 0.242 e. The lowest BCUT2D eigenvalue weighted by atomic mass is 10.2. The lowest BCUT2D eigenvalue weighted by molar-refractivity contribution is 0.350. The quantitative estimate of drug-likeness (QED) is 0.830. The van der Waals surface area contributed by atoms with Crippen LogP contribution in [0.2, 0.25) is 5.02 Å². The molecule has 0 heterocycles. The number of aliphatic hydroxyl groups excluding tert-OH is 1. The first-order valence-corrected chi connectivity index (χ1v) is 8.19. The monoisotopic (exact) mass is 313 g/mol. The van der Waals surface area contributed by atoms with Crippen LogP contribution >= 0.6 is 11.6 Å². The molecule has 0 radical (unpaired) electrons. The average Bonchev–Trinajstić information content (AvgIpc) is 3.10. The molecule has 0 bridgehead atoms. The molecule has 20 heavy (non-hydrogen) atoms. The summed E-state index contributed by atoms with van der Waals surface area (Å²) in [4.78, 5) is 0.0574. The first-order chi connectivity index (χ1) is 9.44. The average molecular weight is 314 g/mol. The van der Waals surface area contributed by atoms with E-state index < -0.39 is 10.0 Å². The Hall–Kier alpha value is -1.06. The maximum atomic E-state index is 12.1. The van der Waals surface area contributed by atoms with Crippen molar-refractivity contribution in [1.29, 1.82) is 0 Å². The van der Waals surface area contributed by atoms with E-state index in [9.17, 15) is 8.42 Å². The summed E-state index contributed by atoms with van der Waals surface area (Å²) in [6.45, 7) is 2.30. The van der Waals surface area contributed by atoms with E-state index in [1.165, 1.54) is 12.1 Å². The minimum absolute atomic E-state index is 0.0574. The molecule has 0 aliphatic heterocycles. The Morgan fingerprint density at radius 1 is 1.50 bits per heavy atom. The SMILES string of the molecule is CC1CC1CNS(=O)(=O)c1ccc(C#CCO)cc1Cl. The van der Waals surface area contributed by atoms with Gasteiger partial charge in [-0.2, -0.15) is 0 Å². The minimum atomic E-state index is -3.59. The van der Waals surface area contributed by atoms with Gasteiger partial charge in [0.05, 0.1) is 5.02 Å². The third-order valence-electron chi connectivity index (χ3n) is 3.34. The van der Waals surface area contributed by atoms with Crippen molar-refractivity contribution in [3.63, 3.8) is 0 Å². The van der Waals surface area contributed by atoms with E-state index in [1.54, 1.807) is 6.07 Å². The van der Waals surface area contributed by atoms with Crippen LogP contribution < -0.4 is 4.72 Å². The fourth-order valence-corrected chi connectivity index (χ4v) is 3.55. The first-order valence-electron chi connectivity index (χ1n) is 6.33. The van der Waals surface area contributed by atoms with Crippen LogP contribution in [0, 0.1) is 23.7 Å². The van der Waals surface area contributed by atoms with Crippen LogP contribution in [-0.4, -0.2) is 26.7 Å². The van der Waals surface area contributed by atoms with Crippen LogP contribution in [0.1, 0.15) is 18.9 Å². The van der Waals surface area contributed by atoms with Crippen molar-refractivity contribution in [3.05, 3.63) is 28.8 Å². The zero-order valence-electron chi connectivity index (χ0n) is 11.1. The van der Waals surface area contributed by atoms with E-state index in [2.05, 4.69) is 23.5 Å². The van der Waals surface area contributed by atoms with Gasteiger partial charge in [0.1, 0.15) is 11.5 Å². The summed E-state index contributed by atoms with van der Waals surface area (Å²) in [6, 6.07) is 4.49. The first kappa shape index (κ1) is 15.3. The van der Waals surface area contributed by atoms with Crippen molar-refractivity contribution in [2.24, 2.45) is 11.8 Å². The fourth-order valence-electron chi connectivity index (χ4n) is 1.92. The Morgan fingerprint density at radius 3 is 2.75 bits per heavy atom. The Balaban J connectivity index is 2.14. The number of hydrogen-bond acceptors (Lipinski definition) is 3. The van der Waals surface area contributed by atoms with Crippen LogP contribution in [0.3, 0.4) is 0 Å². The molecule has 1 aromatic carbocycles. The normalized spacial score (nSPS) is 21.1. The lowest BCUT2D eigenvalue weighted by Crippen LogP contribution is -2.26. The van der Waals surface area contributed by atoms with Crippen LogP contribution in [0.15, 0.2) is 23.1 Å². The summed E-state index contributed by atoms with van der Waals surface area (Å²) >= 11 is 6.00. The predicted octanol–water partition coefficient (Wildman–Crippen LogP) is 1.62. The Kier molecular flexibility index (Phi) is 4.71. The second kappa shape index (κ2) is 6.15. The number of hydrogen-bond donors (Lipinski definition) is 2. The molecule has 1 aliphatic rings. The van der Waals surface area contributed by atoms with Gasteiger partial charge in [-0.1, -0.05) is 30.4 Å². The molecule has 2 atom stereocenters. The third kappa shape index (κ3) is 3.74. The lowest BCUT2D eigenvalue weighted by Gasteiger charge is -2.08. The number of sulfonamides is 1. The molecule has 0 saturated heterocycles. The topological polar surface area (TPSA) is 66.4 Å². The molecule has 0 amide bonds. The number of nitrogens with one attached hydrogen (secondary N) is 1. The predicted molar refractivity (Wildman–Crippen MR) is 77.9 cm³/mol. The highest BCUT2D eigenvalue weighted by Crippen LogP contribution is 2.37. The largest absolute Gasteiger partial charge is 0.384 e. The van der Waals surface area contributed by atoms with Crippen LogP contribution in [0.5, 0.6) is 0 Å². The summed E-state index contributed by atoms with van der Waals surface area (Å²) in [7, 11) is -3.59. The van der Waals surface area contributed by atoms with Gasteiger partial charge in [-0.25, -0.2) is 13.1 Å². The minimum Gasteiger partial charge on any atom is -0.384 e. The number of aliphatic hydroxyl groups is 1. The zero-order valence-corrected chi connectivity index (χ0v) is 12.6. The van der Waals surface area contributed by atoms with Crippen LogP contribution in [0.4, 0.5) is 0 Å². The molecular formula is C14H16ClNO3S. The third-order valence-corrected chi connectivity index (χ3v) is 5.25. The van der Waals surface area contributed by atoms with E-state index in [1.807, 2.05) is 0 Å². The zero-order chi connectivity index (χ0) is 14.8. The van der Waals surface area contributed by atoms with Gasteiger partial charge in [-0.3, -0.25) is 0 Å². The van der Waals surface area contributed by atoms with Crippen molar-refractivity contribution < 1.29 is 13.5 Å². The summed E-state index contributed by atoms with van der Waals surface area (Å²) < 4.78 is 26.9. The highest BCUT2D eigenvalue weighted by molar-refractivity contribution is 7.89. The van der Waals surface area contributed by atoms with Gasteiger partial charge in [0.15, 0.2) is 0 Å². The Labute approximate surface area is 124 Å². The summed E-state index contributed by atoms with van der Waals surface area (Å²) in [5, 5.41) is 8.75. The maximum Gasteiger partial charge on any atom is 0.242 e. The summed E-state index contributed by atoms with van der Waals surface area (Å²) in [5.74, 6) is 6.18. The van der Waals surface area contributed by atoms with Crippen LogP contribution in [0.25, 0.3) is 0 Å². The van der Waals surface area contributed by atoms with Gasteiger partial charge >= 0.3 is 0 Å². The van der Waals surface area contributed by atoms with Gasteiger partial charge in [0.25, 0.3) is 0 Å². The molecule has 2 N–H and O–H groups in total. The number of halogens is 1. The summed E-state index contributed by atoms with van der Waals surface area (Å²) in [6.07, 6.45) is 1.06. The molecule has 1 aromatic rings. The van der Waals surface area contributed by atoms with Crippen molar-refractivity contribution in [2.75, 3.05) is 13.2 Å². The molecule has 108 valence electrons. The molecular weight excluding hydrogens is 298 g/mol. The molecule has 2 rings (SSSR count). The standard InChI is InChI=1S/C14H16ClNO3S/c1-10-7-12(10)9-16-20(18,19)14-5-4-11(3-2-6-17)8-13(14)15/h4-5,8,10,12,16-17H,6-7,9H2,1H3. The molecule has 0 spiro atoms. The van der Waals surface area contributed by atoms with Crippen molar-refractivity contribution in [3.8, 4) is 11.8 Å². The van der Waals surface area contributed by atoms with E-state index in [0.29, 0.717) is 23.9 Å². The molecule has 4 nitrogen and oxygen atoms in total. The fraction of sp³-hybridized carbons (Fsp3) is 0.429. The second-order valence-corrected chi connectivity index (χ2v) is 7.07. The number of benzene rings is 1. The number of rotatable bonds is 4. The maximum absolute atomic E-state index is 12.1. The molecule has 1 aliphatic carbocycles.